The Hall–Kier alpha value is -5.17. The molecule has 6 aromatic carbocycles. The first kappa shape index (κ1) is 32.9. The average Bonchev–Trinajstić information content (AvgIpc) is 3.94. The average molecular weight is 959 g/mol. The molecule has 10 aromatic rings. The fourth-order valence-corrected chi connectivity index (χ4v) is 9.87. The molecule has 0 bridgehead atoms. The van der Waals surface area contributed by atoms with Crippen molar-refractivity contribution in [3.05, 3.63) is 157 Å². The Morgan fingerprint density at radius 2 is 1.60 bits per heavy atom. The third-order valence-corrected chi connectivity index (χ3v) is 13.2. The maximum Gasteiger partial charge on any atom is 0.120 e. The topological polar surface area (TPSA) is 43.9 Å². The molecular formula is C50H43IrN3OSSi-2. The molecule has 7 heteroatoms. The largest absolute Gasteiger partial charge is 0.501 e. The van der Waals surface area contributed by atoms with Crippen LogP contribution in [0.1, 0.15) is 31.8 Å². The van der Waals surface area contributed by atoms with Gasteiger partial charge in [-0.15, -0.1) is 64.9 Å². The molecule has 0 aliphatic rings. The van der Waals surface area contributed by atoms with Crippen LogP contribution >= 0.6 is 11.3 Å². The minimum atomic E-state index is -2.16. The van der Waals surface area contributed by atoms with Gasteiger partial charge < -0.3 is 14.0 Å². The normalized spacial score (nSPS) is 13.5. The molecular weight excluding hydrogens is 911 g/mol. The van der Waals surface area contributed by atoms with Crippen molar-refractivity contribution < 1.29 is 31.4 Å². The maximum absolute atomic E-state index is 8.59. The van der Waals surface area contributed by atoms with Gasteiger partial charge in [-0.05, 0) is 65.6 Å². The Kier molecular flexibility index (Phi) is 9.02. The minimum absolute atomic E-state index is 0. The first-order chi connectivity index (χ1) is 29.1. The zero-order chi connectivity index (χ0) is 42.8. The molecule has 0 aliphatic carbocycles. The SMILES string of the molecule is [2H]C([2H])([2H])c1c[c-]c(-c2cc(C([2H])([2H])C(C)C)c([Si](C)(C)C)cn2)cc1.[Ir].[c-]1ccc2c(oc3ccccc32)c1-c1nc2ccccc2n1-c1ccc2sc3ccccc3c2c1. The van der Waals surface area contributed by atoms with E-state index in [-0.39, 0.29) is 31.6 Å². The summed E-state index contributed by atoms with van der Waals surface area (Å²) in [4.78, 5) is 9.62. The van der Waals surface area contributed by atoms with Gasteiger partial charge in [0.05, 0.1) is 30.5 Å². The number of benzene rings is 6. The van der Waals surface area contributed by atoms with Crippen molar-refractivity contribution in [2.24, 2.45) is 5.92 Å². The van der Waals surface area contributed by atoms with E-state index in [1.807, 2.05) is 61.6 Å². The molecule has 0 saturated carbocycles. The van der Waals surface area contributed by atoms with E-state index in [1.165, 1.54) is 26.2 Å². The summed E-state index contributed by atoms with van der Waals surface area (Å²) in [5.74, 6) is 0.657. The van der Waals surface area contributed by atoms with E-state index >= 15 is 0 Å². The number of thiophene rings is 1. The van der Waals surface area contributed by atoms with Gasteiger partial charge in [0.2, 0.25) is 0 Å². The molecule has 4 aromatic heterocycles. The molecule has 57 heavy (non-hydrogen) atoms. The van der Waals surface area contributed by atoms with Crippen molar-refractivity contribution in [1.82, 2.24) is 14.5 Å². The van der Waals surface area contributed by atoms with Gasteiger partial charge in [0.1, 0.15) is 5.58 Å². The number of rotatable bonds is 6. The Morgan fingerprint density at radius 3 is 2.39 bits per heavy atom. The summed E-state index contributed by atoms with van der Waals surface area (Å²) in [6, 6.07) is 48.7. The van der Waals surface area contributed by atoms with E-state index in [2.05, 4.69) is 114 Å². The second kappa shape index (κ2) is 15.6. The molecule has 10 rings (SSSR count). The number of fused-ring (bicyclic) bond motifs is 7. The van der Waals surface area contributed by atoms with E-state index < -0.39 is 21.3 Å². The van der Waals surface area contributed by atoms with Crippen LogP contribution in [0.4, 0.5) is 0 Å². The number of hydrogen-bond acceptors (Lipinski definition) is 4. The van der Waals surface area contributed by atoms with Crippen LogP contribution in [0.5, 0.6) is 0 Å². The van der Waals surface area contributed by atoms with Crippen molar-refractivity contribution in [2.45, 2.75) is 46.7 Å². The van der Waals surface area contributed by atoms with Crippen molar-refractivity contribution in [2.75, 3.05) is 0 Å². The van der Waals surface area contributed by atoms with Crippen molar-refractivity contribution in [3.63, 3.8) is 0 Å². The smallest absolute Gasteiger partial charge is 0.120 e. The molecule has 0 amide bonds. The molecule has 1 radical (unpaired) electrons. The van der Waals surface area contributed by atoms with Crippen molar-refractivity contribution >= 4 is 77.7 Å². The number of hydrogen-bond donors (Lipinski definition) is 0. The van der Waals surface area contributed by atoms with Crippen LogP contribution in [0.25, 0.3) is 81.5 Å². The van der Waals surface area contributed by atoms with Gasteiger partial charge in [-0.2, -0.15) is 0 Å². The summed E-state index contributed by atoms with van der Waals surface area (Å²) in [6.07, 6.45) is 0.328. The van der Waals surface area contributed by atoms with Crippen molar-refractivity contribution in [1.29, 1.82) is 0 Å². The number of imidazole rings is 1. The molecule has 4 heterocycles. The van der Waals surface area contributed by atoms with Gasteiger partial charge in [-0.3, -0.25) is 4.98 Å². The minimum Gasteiger partial charge on any atom is -0.501 e. The first-order valence-electron chi connectivity index (χ1n) is 21.3. The third-order valence-electron chi connectivity index (χ3n) is 9.99. The summed E-state index contributed by atoms with van der Waals surface area (Å²) in [7, 11) is -1.78. The van der Waals surface area contributed by atoms with Crippen LogP contribution in [-0.2, 0) is 26.5 Å². The zero-order valence-corrected chi connectivity index (χ0v) is 36.5. The molecule has 0 saturated heterocycles. The molecule has 4 nitrogen and oxygen atoms in total. The number of aromatic nitrogens is 3. The second-order valence-corrected chi connectivity index (χ2v) is 21.5. The molecule has 0 aliphatic heterocycles. The number of pyridine rings is 1. The van der Waals surface area contributed by atoms with Crippen LogP contribution in [0, 0.1) is 24.9 Å². The standard InChI is InChI=1S/C31H17N2OS.C19H26NSi.Ir/c1-5-14-27-20(8-1)22-10-7-11-23(30(22)34-27)31-32-25-12-3-4-13-26(25)33(31)19-16-17-29-24(18-19)21-9-2-6-15-28(21)35-29;1-14(2)11-17-12-18(16-9-7-15(3)8-10-16)20-13-19(17)21(4,5)6;/h1-10,12-18H;7-9,12-14H,11H2,1-6H3;/q2*-1;/i;3D3,11D2;. The van der Waals surface area contributed by atoms with Gasteiger partial charge in [-0.25, -0.2) is 0 Å². The summed E-state index contributed by atoms with van der Waals surface area (Å²) in [5, 5.41) is 5.74. The number of para-hydroxylation sites is 3. The van der Waals surface area contributed by atoms with Gasteiger partial charge in [-0.1, -0.05) is 111 Å². The first-order valence-corrected chi connectivity index (χ1v) is 23.2. The van der Waals surface area contributed by atoms with Gasteiger partial charge in [0.25, 0.3) is 0 Å². The quantitative estimate of drug-likeness (QED) is 0.123. The number of aryl methyl sites for hydroxylation is 1. The molecule has 0 N–H and O–H groups in total. The van der Waals surface area contributed by atoms with Gasteiger partial charge in [0, 0.05) is 64.4 Å². The van der Waals surface area contributed by atoms with E-state index in [4.69, 9.17) is 16.3 Å². The Bertz CT molecular complexity index is 3260. The molecule has 0 spiro atoms. The molecule has 0 fully saturated rings. The fraction of sp³-hybridized carbons (Fsp3) is 0.160. The molecule has 285 valence electrons. The zero-order valence-electron chi connectivity index (χ0n) is 37.3. The summed E-state index contributed by atoms with van der Waals surface area (Å²) in [6.45, 7) is 8.14. The van der Waals surface area contributed by atoms with E-state index in [9.17, 15) is 0 Å². The number of furan rings is 1. The molecule has 0 atom stereocenters. The Labute approximate surface area is 359 Å². The van der Waals surface area contributed by atoms with Crippen LogP contribution < -0.4 is 5.19 Å². The summed E-state index contributed by atoms with van der Waals surface area (Å²) < 4.78 is 50.7. The summed E-state index contributed by atoms with van der Waals surface area (Å²) >= 11 is 1.83. The van der Waals surface area contributed by atoms with Crippen LogP contribution in [0.2, 0.25) is 19.6 Å². The van der Waals surface area contributed by atoms with Gasteiger partial charge in [0.15, 0.2) is 0 Å². The van der Waals surface area contributed by atoms with E-state index in [0.717, 1.165) is 55.2 Å². The van der Waals surface area contributed by atoms with Gasteiger partial charge >= 0.3 is 0 Å². The number of nitrogens with zero attached hydrogens (tertiary/aromatic N) is 3. The van der Waals surface area contributed by atoms with E-state index in [0.29, 0.717) is 16.8 Å². The summed E-state index contributed by atoms with van der Waals surface area (Å²) in [5.41, 5.74) is 7.83. The predicted molar refractivity (Wildman–Crippen MR) is 240 cm³/mol. The van der Waals surface area contributed by atoms with Crippen LogP contribution in [-0.4, -0.2) is 22.6 Å². The van der Waals surface area contributed by atoms with Crippen molar-refractivity contribution in [3.8, 4) is 28.3 Å². The fourth-order valence-electron chi connectivity index (χ4n) is 7.38. The Morgan fingerprint density at radius 1 is 0.825 bits per heavy atom. The monoisotopic (exact) mass is 959 g/mol. The maximum atomic E-state index is 8.59. The Balaban J connectivity index is 0.000000177. The molecule has 0 unspecified atom stereocenters. The third kappa shape index (κ3) is 7.42. The van der Waals surface area contributed by atoms with Crippen LogP contribution in [0.3, 0.4) is 0 Å². The predicted octanol–water partition coefficient (Wildman–Crippen LogP) is 13.4. The van der Waals surface area contributed by atoms with E-state index in [1.54, 1.807) is 18.3 Å². The van der Waals surface area contributed by atoms with Crippen LogP contribution in [0.15, 0.2) is 138 Å². The second-order valence-electron chi connectivity index (χ2n) is 15.4.